The van der Waals surface area contributed by atoms with Crippen LogP contribution in [0.3, 0.4) is 0 Å². The lowest BCUT2D eigenvalue weighted by Gasteiger charge is -2.10. The number of rotatable bonds is 4. The molecule has 1 N–H and O–H groups in total. The summed E-state index contributed by atoms with van der Waals surface area (Å²) in [4.78, 5) is 11.0. The summed E-state index contributed by atoms with van der Waals surface area (Å²) < 4.78 is 10.7. The van der Waals surface area contributed by atoms with Crippen LogP contribution in [-0.2, 0) is 17.6 Å². The zero-order valence-electron chi connectivity index (χ0n) is 10.8. The summed E-state index contributed by atoms with van der Waals surface area (Å²) in [6.45, 7) is 0.191. The molecule has 4 heteroatoms. The van der Waals surface area contributed by atoms with Crippen LogP contribution in [0, 0.1) is 0 Å². The van der Waals surface area contributed by atoms with Crippen molar-refractivity contribution in [1.82, 2.24) is 0 Å². The maximum atomic E-state index is 11.0. The molecule has 20 heavy (non-hydrogen) atoms. The van der Waals surface area contributed by atoms with E-state index in [2.05, 4.69) is 0 Å². The summed E-state index contributed by atoms with van der Waals surface area (Å²) in [6.07, 6.45) is 0.666. The predicted molar refractivity (Wildman–Crippen MR) is 73.2 cm³/mol. The summed E-state index contributed by atoms with van der Waals surface area (Å²) in [5.74, 6) is 0.460. The molecule has 2 aromatic carbocycles. The number of benzene rings is 2. The van der Waals surface area contributed by atoms with Crippen molar-refractivity contribution in [2.24, 2.45) is 0 Å². The van der Waals surface area contributed by atoms with Crippen molar-refractivity contribution in [2.45, 2.75) is 12.8 Å². The molecule has 1 heterocycles. The summed E-state index contributed by atoms with van der Waals surface area (Å²) in [5.41, 5.74) is 2.87. The van der Waals surface area contributed by atoms with Crippen molar-refractivity contribution in [3.05, 3.63) is 59.2 Å². The molecule has 0 bridgehead atoms. The fourth-order valence-electron chi connectivity index (χ4n) is 2.33. The molecule has 0 atom stereocenters. The molecule has 3 rings (SSSR count). The normalized spacial score (nSPS) is 12.4. The summed E-state index contributed by atoms with van der Waals surface area (Å²) >= 11 is 0. The minimum Gasteiger partial charge on any atom is -0.481 e. The Balaban J connectivity index is 1.97. The summed E-state index contributed by atoms with van der Waals surface area (Å²) in [7, 11) is 0. The van der Waals surface area contributed by atoms with E-state index in [1.54, 1.807) is 6.07 Å². The molecule has 2 aromatic rings. The van der Waals surface area contributed by atoms with Crippen LogP contribution in [0.4, 0.5) is 0 Å². The van der Waals surface area contributed by atoms with Gasteiger partial charge < -0.3 is 14.6 Å². The summed E-state index contributed by atoms with van der Waals surface area (Å²) in [5, 5.41) is 9.03. The first-order valence-electron chi connectivity index (χ1n) is 6.39. The Labute approximate surface area is 116 Å². The first-order valence-corrected chi connectivity index (χ1v) is 6.39. The topological polar surface area (TPSA) is 55.8 Å². The zero-order chi connectivity index (χ0) is 13.9. The zero-order valence-corrected chi connectivity index (χ0v) is 10.8. The van der Waals surface area contributed by atoms with Crippen molar-refractivity contribution < 1.29 is 19.4 Å². The maximum Gasteiger partial charge on any atom is 0.307 e. The predicted octanol–water partition coefficient (Wildman–Crippen LogP) is 2.63. The van der Waals surface area contributed by atoms with Gasteiger partial charge in [0.2, 0.25) is 6.79 Å². The molecule has 0 radical (unpaired) electrons. The molecule has 0 unspecified atom stereocenters. The lowest BCUT2D eigenvalue weighted by atomic mass is 9.97. The number of aliphatic carboxylic acids is 1. The second-order valence-electron chi connectivity index (χ2n) is 4.71. The number of carbonyl (C=O) groups is 1. The Morgan fingerprint density at radius 2 is 1.70 bits per heavy atom. The molecule has 0 fully saturated rings. The number of carboxylic acid groups (broad SMARTS) is 1. The van der Waals surface area contributed by atoms with Crippen molar-refractivity contribution in [2.75, 3.05) is 6.79 Å². The van der Waals surface area contributed by atoms with Gasteiger partial charge in [-0.15, -0.1) is 0 Å². The minimum atomic E-state index is -0.849. The van der Waals surface area contributed by atoms with E-state index in [1.165, 1.54) is 0 Å². The molecule has 0 saturated carbocycles. The number of hydrogen-bond donors (Lipinski definition) is 1. The monoisotopic (exact) mass is 270 g/mol. The van der Waals surface area contributed by atoms with E-state index in [0.717, 1.165) is 16.7 Å². The number of ether oxygens (including phenoxy) is 2. The fraction of sp³-hybridized carbons (Fsp3) is 0.188. The van der Waals surface area contributed by atoms with Gasteiger partial charge in [0.05, 0.1) is 6.42 Å². The van der Waals surface area contributed by atoms with Gasteiger partial charge in [0, 0.05) is 0 Å². The van der Waals surface area contributed by atoms with Crippen LogP contribution in [0.2, 0.25) is 0 Å². The van der Waals surface area contributed by atoms with Crippen LogP contribution in [0.1, 0.15) is 16.7 Å². The molecule has 0 aliphatic carbocycles. The Bertz CT molecular complexity index is 634. The van der Waals surface area contributed by atoms with Crippen LogP contribution in [0.15, 0.2) is 42.5 Å². The molecule has 1 aliphatic heterocycles. The lowest BCUT2D eigenvalue weighted by Crippen LogP contribution is -2.04. The third-order valence-electron chi connectivity index (χ3n) is 3.27. The van der Waals surface area contributed by atoms with E-state index in [-0.39, 0.29) is 13.2 Å². The molecular formula is C16H14O4. The van der Waals surface area contributed by atoms with E-state index in [9.17, 15) is 4.79 Å². The number of hydrogen-bond acceptors (Lipinski definition) is 3. The average Bonchev–Trinajstić information content (AvgIpc) is 2.86. The minimum absolute atomic E-state index is 0.0151. The van der Waals surface area contributed by atoms with Crippen molar-refractivity contribution >= 4 is 5.97 Å². The third kappa shape index (κ3) is 2.59. The molecule has 102 valence electrons. The molecular weight excluding hydrogens is 256 g/mol. The van der Waals surface area contributed by atoms with Gasteiger partial charge in [0.1, 0.15) is 0 Å². The lowest BCUT2D eigenvalue weighted by molar-refractivity contribution is -0.136. The standard InChI is InChI=1S/C16H14O4/c17-16(18)9-13-8-15-14(19-10-20-15)7-12(13)6-11-4-2-1-3-5-11/h1-5,7-8H,6,9-10H2,(H,17,18). The van der Waals surface area contributed by atoms with Gasteiger partial charge >= 0.3 is 5.97 Å². The van der Waals surface area contributed by atoms with Gasteiger partial charge in [-0.3, -0.25) is 4.79 Å². The Morgan fingerprint density at radius 3 is 2.35 bits per heavy atom. The Hall–Kier alpha value is -2.49. The number of fused-ring (bicyclic) bond motifs is 1. The van der Waals surface area contributed by atoms with E-state index < -0.39 is 5.97 Å². The van der Waals surface area contributed by atoms with Gasteiger partial charge in [0.15, 0.2) is 11.5 Å². The second-order valence-corrected chi connectivity index (χ2v) is 4.71. The van der Waals surface area contributed by atoms with Crippen LogP contribution >= 0.6 is 0 Å². The molecule has 4 nitrogen and oxygen atoms in total. The average molecular weight is 270 g/mol. The van der Waals surface area contributed by atoms with Crippen LogP contribution < -0.4 is 9.47 Å². The maximum absolute atomic E-state index is 11.0. The van der Waals surface area contributed by atoms with E-state index in [4.69, 9.17) is 14.6 Å². The smallest absolute Gasteiger partial charge is 0.307 e. The van der Waals surface area contributed by atoms with Crippen molar-refractivity contribution in [1.29, 1.82) is 0 Å². The largest absolute Gasteiger partial charge is 0.481 e. The van der Waals surface area contributed by atoms with Gasteiger partial charge in [0.25, 0.3) is 0 Å². The second kappa shape index (κ2) is 5.25. The molecule has 1 aliphatic rings. The first-order chi connectivity index (χ1) is 9.72. The van der Waals surface area contributed by atoms with E-state index >= 15 is 0 Å². The Morgan fingerprint density at radius 1 is 1.05 bits per heavy atom. The molecule has 0 amide bonds. The van der Waals surface area contributed by atoms with E-state index in [0.29, 0.717) is 17.9 Å². The van der Waals surface area contributed by atoms with Gasteiger partial charge in [-0.2, -0.15) is 0 Å². The van der Waals surface area contributed by atoms with Gasteiger partial charge in [-0.1, -0.05) is 30.3 Å². The Kier molecular flexibility index (Phi) is 3.29. The van der Waals surface area contributed by atoms with Crippen LogP contribution in [0.5, 0.6) is 11.5 Å². The van der Waals surface area contributed by atoms with Crippen LogP contribution in [0.25, 0.3) is 0 Å². The van der Waals surface area contributed by atoms with Crippen molar-refractivity contribution in [3.8, 4) is 11.5 Å². The quantitative estimate of drug-likeness (QED) is 0.928. The van der Waals surface area contributed by atoms with Crippen LogP contribution in [-0.4, -0.2) is 17.9 Å². The molecule has 0 aromatic heterocycles. The van der Waals surface area contributed by atoms with E-state index in [1.807, 2.05) is 36.4 Å². The highest BCUT2D eigenvalue weighted by Gasteiger charge is 2.18. The highest BCUT2D eigenvalue weighted by molar-refractivity contribution is 5.71. The fourth-order valence-corrected chi connectivity index (χ4v) is 2.33. The van der Waals surface area contributed by atoms with Gasteiger partial charge in [-0.25, -0.2) is 0 Å². The molecule has 0 saturated heterocycles. The van der Waals surface area contributed by atoms with Crippen molar-refractivity contribution in [3.63, 3.8) is 0 Å². The first kappa shape index (κ1) is 12.5. The SMILES string of the molecule is O=C(O)Cc1cc2c(cc1Cc1ccccc1)OCO2. The van der Waals surface area contributed by atoms with Gasteiger partial charge in [-0.05, 0) is 35.2 Å². The third-order valence-corrected chi connectivity index (χ3v) is 3.27. The highest BCUT2D eigenvalue weighted by Crippen LogP contribution is 2.35. The summed E-state index contributed by atoms with van der Waals surface area (Å²) in [6, 6.07) is 13.6. The molecule has 0 spiro atoms. The highest BCUT2D eigenvalue weighted by atomic mass is 16.7. The number of carboxylic acids is 1.